The van der Waals surface area contributed by atoms with Crippen molar-refractivity contribution in [3.63, 3.8) is 0 Å². The predicted molar refractivity (Wildman–Crippen MR) is 182 cm³/mol. The molecule has 2 atom stereocenters. The van der Waals surface area contributed by atoms with Gasteiger partial charge in [-0.05, 0) is 43.2 Å². The third-order valence-electron chi connectivity index (χ3n) is 9.51. The number of unbranched alkanes of at least 4 members (excludes halogenated alkanes) is 15. The molecule has 0 aliphatic rings. The third-order valence-corrected chi connectivity index (χ3v) is 9.51. The number of aryl methyl sites for hydroxylation is 1. The predicted octanol–water partition coefficient (Wildman–Crippen LogP) is 11.6. The smallest absolute Gasteiger partial charge is 0.237 e. The summed E-state index contributed by atoms with van der Waals surface area (Å²) < 4.78 is 5.01. The molecule has 0 spiro atoms. The van der Waals surface area contributed by atoms with Crippen LogP contribution in [0.5, 0.6) is 0 Å². The normalized spacial score (nSPS) is 13.7. The van der Waals surface area contributed by atoms with Crippen molar-refractivity contribution in [1.82, 2.24) is 4.57 Å². The van der Waals surface area contributed by atoms with Gasteiger partial charge in [-0.15, -0.1) is 0 Å². The third kappa shape index (κ3) is 12.1. The van der Waals surface area contributed by atoms with Gasteiger partial charge in [-0.2, -0.15) is 0 Å². The number of hydrogen-bond acceptors (Lipinski definition) is 0. The molecule has 0 radical (unpaired) electrons. The average molecular weight is 572 g/mol. The lowest BCUT2D eigenvalue weighted by Gasteiger charge is -2.37. The largest absolute Gasteiger partial charge is 0.244 e. The van der Waals surface area contributed by atoms with Gasteiger partial charge in [-0.3, -0.25) is 0 Å². The van der Waals surface area contributed by atoms with E-state index < -0.39 is 0 Å². The minimum absolute atomic E-state index is 0.0151. The summed E-state index contributed by atoms with van der Waals surface area (Å²) >= 11 is 0. The molecule has 2 unspecified atom stereocenters. The van der Waals surface area contributed by atoms with Crippen molar-refractivity contribution < 1.29 is 4.57 Å². The van der Waals surface area contributed by atoms with E-state index in [0.29, 0.717) is 6.04 Å². The van der Waals surface area contributed by atoms with Crippen molar-refractivity contribution in [2.75, 3.05) is 0 Å². The molecule has 0 saturated heterocycles. The van der Waals surface area contributed by atoms with Crippen molar-refractivity contribution >= 4 is 0 Å². The minimum Gasteiger partial charge on any atom is -0.237 e. The summed E-state index contributed by atoms with van der Waals surface area (Å²) in [4.78, 5) is 0. The molecule has 1 heterocycles. The Balaban J connectivity index is 1.55. The van der Waals surface area contributed by atoms with Gasteiger partial charge in [-0.1, -0.05) is 171 Å². The Kier molecular flexibility index (Phi) is 16.7. The SMILES string of the molecule is CCCCCCCCCCCCCCC[n+]1ccn(C(CCCCCC)C(C)(Cc2ccccc2)c2ccccc2)c1. The molecule has 1 aromatic heterocycles. The molecule has 0 aliphatic heterocycles. The first kappa shape index (κ1) is 34.1. The highest BCUT2D eigenvalue weighted by Crippen LogP contribution is 2.41. The maximum absolute atomic E-state index is 2.56. The molecule has 0 N–H and O–H groups in total. The van der Waals surface area contributed by atoms with E-state index in [4.69, 9.17) is 0 Å². The van der Waals surface area contributed by atoms with Crippen molar-refractivity contribution in [2.45, 2.75) is 161 Å². The van der Waals surface area contributed by atoms with E-state index in [0.717, 1.165) is 13.0 Å². The van der Waals surface area contributed by atoms with E-state index in [1.807, 2.05) is 0 Å². The van der Waals surface area contributed by atoms with Gasteiger partial charge < -0.3 is 0 Å². The first-order valence-corrected chi connectivity index (χ1v) is 17.8. The van der Waals surface area contributed by atoms with Crippen LogP contribution in [-0.4, -0.2) is 4.57 Å². The molecule has 0 amide bonds. The summed E-state index contributed by atoms with van der Waals surface area (Å²) in [6.45, 7) is 8.26. The minimum atomic E-state index is 0.0151. The quantitative estimate of drug-likeness (QED) is 0.0747. The van der Waals surface area contributed by atoms with Crippen molar-refractivity contribution in [3.05, 3.63) is 90.5 Å². The molecule has 2 nitrogen and oxygen atoms in total. The number of benzene rings is 2. The zero-order valence-electron chi connectivity index (χ0n) is 27.6. The summed E-state index contributed by atoms with van der Waals surface area (Å²) in [5, 5.41) is 0. The fourth-order valence-electron chi connectivity index (χ4n) is 6.85. The van der Waals surface area contributed by atoms with Crippen LogP contribution in [0, 0.1) is 0 Å². The van der Waals surface area contributed by atoms with Crippen LogP contribution in [0.2, 0.25) is 0 Å². The lowest BCUT2D eigenvalue weighted by molar-refractivity contribution is -0.697. The average Bonchev–Trinajstić information content (AvgIpc) is 3.48. The number of nitrogens with zero attached hydrogens (tertiary/aromatic N) is 2. The van der Waals surface area contributed by atoms with Gasteiger partial charge in [0.05, 0.1) is 6.54 Å². The standard InChI is InChI=1S/C40H63N2/c1-4-6-8-10-11-12-13-14-15-16-17-18-26-32-41-33-34-42(36-41)39(31-25-9-7-5-2)40(3,38-29-23-20-24-30-38)35-37-27-21-19-22-28-37/h19-24,27-30,33-34,36,39H,4-18,25-26,31-32,35H2,1-3H3/q+1. The Hall–Kier alpha value is -2.35. The number of imidazole rings is 1. The monoisotopic (exact) mass is 571 g/mol. The molecular weight excluding hydrogens is 508 g/mol. The van der Waals surface area contributed by atoms with Crippen LogP contribution in [0.4, 0.5) is 0 Å². The molecular formula is C40H63N2+. The van der Waals surface area contributed by atoms with Crippen LogP contribution in [0.3, 0.4) is 0 Å². The van der Waals surface area contributed by atoms with E-state index in [1.165, 1.54) is 127 Å². The summed E-state index contributed by atoms with van der Waals surface area (Å²) in [6.07, 6.45) is 32.9. The van der Waals surface area contributed by atoms with Crippen LogP contribution >= 0.6 is 0 Å². The van der Waals surface area contributed by atoms with Gasteiger partial charge in [0.1, 0.15) is 18.4 Å². The highest BCUT2D eigenvalue weighted by atomic mass is 15.1. The van der Waals surface area contributed by atoms with Crippen LogP contribution in [0.1, 0.15) is 154 Å². The Morgan fingerprint density at radius 2 is 1.12 bits per heavy atom. The Morgan fingerprint density at radius 3 is 1.69 bits per heavy atom. The van der Waals surface area contributed by atoms with Crippen molar-refractivity contribution in [3.8, 4) is 0 Å². The zero-order valence-corrected chi connectivity index (χ0v) is 27.6. The number of rotatable bonds is 24. The lowest BCUT2D eigenvalue weighted by Crippen LogP contribution is -2.38. The summed E-state index contributed by atoms with van der Waals surface area (Å²) in [6, 6.07) is 22.9. The maximum Gasteiger partial charge on any atom is 0.244 e. The number of hydrogen-bond donors (Lipinski definition) is 0. The van der Waals surface area contributed by atoms with Crippen LogP contribution in [0.25, 0.3) is 0 Å². The van der Waals surface area contributed by atoms with Gasteiger partial charge in [0, 0.05) is 5.41 Å². The Bertz CT molecular complexity index is 1040. The first-order valence-electron chi connectivity index (χ1n) is 17.8. The highest BCUT2D eigenvalue weighted by Gasteiger charge is 2.40. The van der Waals surface area contributed by atoms with E-state index in [1.54, 1.807) is 0 Å². The molecule has 3 rings (SSSR count). The molecule has 2 aromatic carbocycles. The lowest BCUT2D eigenvalue weighted by atomic mass is 9.70. The zero-order chi connectivity index (χ0) is 29.7. The Labute approximate surface area is 260 Å². The van der Waals surface area contributed by atoms with E-state index >= 15 is 0 Å². The topological polar surface area (TPSA) is 8.81 Å². The second-order valence-corrected chi connectivity index (χ2v) is 13.2. The second-order valence-electron chi connectivity index (χ2n) is 13.2. The maximum atomic E-state index is 2.56. The molecule has 0 saturated carbocycles. The molecule has 3 aromatic rings. The van der Waals surface area contributed by atoms with Crippen LogP contribution in [-0.2, 0) is 18.4 Å². The van der Waals surface area contributed by atoms with Gasteiger partial charge in [-0.25, -0.2) is 9.13 Å². The van der Waals surface area contributed by atoms with E-state index in [9.17, 15) is 0 Å². The van der Waals surface area contributed by atoms with Gasteiger partial charge in [0.2, 0.25) is 6.33 Å². The molecule has 0 fully saturated rings. The fraction of sp³-hybridized carbons (Fsp3) is 0.625. The molecule has 2 heteroatoms. The highest BCUT2D eigenvalue weighted by molar-refractivity contribution is 5.30. The summed E-state index contributed by atoms with van der Waals surface area (Å²) in [5.74, 6) is 0. The fourth-order valence-corrected chi connectivity index (χ4v) is 6.85. The van der Waals surface area contributed by atoms with E-state index in [2.05, 4.69) is 109 Å². The van der Waals surface area contributed by atoms with Gasteiger partial charge in [0.15, 0.2) is 0 Å². The summed E-state index contributed by atoms with van der Waals surface area (Å²) in [7, 11) is 0. The molecule has 42 heavy (non-hydrogen) atoms. The molecule has 0 bridgehead atoms. The summed E-state index contributed by atoms with van der Waals surface area (Å²) in [5.41, 5.74) is 2.89. The van der Waals surface area contributed by atoms with E-state index in [-0.39, 0.29) is 5.41 Å². The first-order chi connectivity index (χ1) is 20.7. The van der Waals surface area contributed by atoms with Crippen LogP contribution < -0.4 is 4.57 Å². The second kappa shape index (κ2) is 20.5. The van der Waals surface area contributed by atoms with Crippen LogP contribution in [0.15, 0.2) is 79.4 Å². The number of aromatic nitrogens is 2. The van der Waals surface area contributed by atoms with Crippen molar-refractivity contribution in [1.29, 1.82) is 0 Å². The van der Waals surface area contributed by atoms with Gasteiger partial charge >= 0.3 is 0 Å². The van der Waals surface area contributed by atoms with Gasteiger partial charge in [0.25, 0.3) is 0 Å². The van der Waals surface area contributed by atoms with Crippen molar-refractivity contribution in [2.24, 2.45) is 0 Å². The molecule has 0 aliphatic carbocycles. The molecule has 232 valence electrons. The Morgan fingerprint density at radius 1 is 0.619 bits per heavy atom.